The van der Waals surface area contributed by atoms with Crippen LogP contribution in [0.5, 0.6) is 0 Å². The van der Waals surface area contributed by atoms with Crippen molar-refractivity contribution in [1.82, 2.24) is 15.5 Å². The minimum absolute atomic E-state index is 0.0411. The highest BCUT2D eigenvalue weighted by molar-refractivity contribution is 6.09. The first-order valence-electron chi connectivity index (χ1n) is 7.62. The van der Waals surface area contributed by atoms with Gasteiger partial charge in [-0.15, -0.1) is 0 Å². The summed E-state index contributed by atoms with van der Waals surface area (Å²) in [6.45, 7) is -2.25. The Kier molecular flexibility index (Phi) is 5.14. The van der Waals surface area contributed by atoms with E-state index in [-0.39, 0.29) is 6.42 Å². The summed E-state index contributed by atoms with van der Waals surface area (Å²) >= 11 is 0. The maximum atomic E-state index is 12.4. The Morgan fingerprint density at radius 3 is 2.33 bits per heavy atom. The van der Waals surface area contributed by atoms with Gasteiger partial charge in [-0.05, 0) is 12.8 Å². The zero-order valence-corrected chi connectivity index (χ0v) is 12.9. The van der Waals surface area contributed by atoms with Gasteiger partial charge >= 0.3 is 12.2 Å². The molecule has 2 fully saturated rings. The highest BCUT2D eigenvalue weighted by atomic mass is 19.4. The molecule has 1 aliphatic heterocycles. The second-order valence-corrected chi connectivity index (χ2v) is 6.15. The number of carbonyl (C=O) groups excluding carboxylic acids is 4. The number of carbonyl (C=O) groups is 4. The topological polar surface area (TPSA) is 95.6 Å². The van der Waals surface area contributed by atoms with Crippen LogP contribution in [0.3, 0.4) is 0 Å². The molecule has 24 heavy (non-hydrogen) atoms. The van der Waals surface area contributed by atoms with Crippen molar-refractivity contribution in [3.05, 3.63) is 0 Å². The highest BCUT2D eigenvalue weighted by Crippen LogP contribution is 2.45. The Morgan fingerprint density at radius 2 is 1.75 bits per heavy atom. The number of hydrogen-bond donors (Lipinski definition) is 2. The normalized spacial score (nSPS) is 20.4. The van der Waals surface area contributed by atoms with Gasteiger partial charge in [0.15, 0.2) is 0 Å². The molecule has 10 heteroatoms. The van der Waals surface area contributed by atoms with E-state index in [1.54, 1.807) is 5.32 Å². The Balaban J connectivity index is 1.88. The molecule has 0 unspecified atom stereocenters. The van der Waals surface area contributed by atoms with E-state index in [1.807, 2.05) is 0 Å². The second kappa shape index (κ2) is 6.78. The van der Waals surface area contributed by atoms with Crippen LogP contribution in [0, 0.1) is 5.41 Å². The molecule has 0 radical (unpaired) electrons. The number of nitrogens with one attached hydrogen (secondary N) is 2. The quantitative estimate of drug-likeness (QED) is 0.746. The first-order chi connectivity index (χ1) is 11.1. The third kappa shape index (κ3) is 4.24. The molecule has 134 valence electrons. The molecule has 7 nitrogen and oxygen atoms in total. The predicted molar refractivity (Wildman–Crippen MR) is 74.5 cm³/mol. The Bertz CT molecular complexity index is 556. The van der Waals surface area contributed by atoms with Crippen molar-refractivity contribution in [2.24, 2.45) is 5.41 Å². The summed E-state index contributed by atoms with van der Waals surface area (Å²) in [5, 5.41) is 3.15. The lowest BCUT2D eigenvalue weighted by Crippen LogP contribution is -2.48. The van der Waals surface area contributed by atoms with E-state index in [4.69, 9.17) is 0 Å². The van der Waals surface area contributed by atoms with Crippen molar-refractivity contribution < 1.29 is 32.3 Å². The van der Waals surface area contributed by atoms with E-state index in [0.29, 0.717) is 12.8 Å². The Hall–Kier alpha value is -2.13. The van der Waals surface area contributed by atoms with Gasteiger partial charge in [0.25, 0.3) is 0 Å². The molecule has 2 aliphatic rings. The van der Waals surface area contributed by atoms with Crippen molar-refractivity contribution in [2.75, 3.05) is 13.1 Å². The van der Waals surface area contributed by atoms with Gasteiger partial charge in [0.2, 0.25) is 17.7 Å². The van der Waals surface area contributed by atoms with Crippen molar-refractivity contribution >= 4 is 23.8 Å². The summed E-state index contributed by atoms with van der Waals surface area (Å²) in [6, 6.07) is -1.33. The lowest BCUT2D eigenvalue weighted by molar-refractivity contribution is -0.145. The van der Waals surface area contributed by atoms with E-state index in [1.165, 1.54) is 5.32 Å². The van der Waals surface area contributed by atoms with Gasteiger partial charge in [0.1, 0.15) is 13.1 Å². The van der Waals surface area contributed by atoms with E-state index < -0.39 is 48.4 Å². The molecule has 1 aliphatic carbocycles. The molecule has 2 N–H and O–H groups in total. The SMILES string of the molecule is O=C(CN1C(=O)CC2(CCCCC2)C1=O)NC(=O)NCC(F)(F)F. The summed E-state index contributed by atoms with van der Waals surface area (Å²) in [6.07, 6.45) is -0.738. The number of halogens is 3. The van der Waals surface area contributed by atoms with Crippen LogP contribution in [-0.4, -0.2) is 47.9 Å². The van der Waals surface area contributed by atoms with Gasteiger partial charge in [-0.1, -0.05) is 19.3 Å². The smallest absolute Gasteiger partial charge is 0.329 e. The van der Waals surface area contributed by atoms with Crippen LogP contribution >= 0.6 is 0 Å². The number of amides is 5. The van der Waals surface area contributed by atoms with E-state index in [2.05, 4.69) is 0 Å². The van der Waals surface area contributed by atoms with Crippen LogP contribution in [0.15, 0.2) is 0 Å². The molecule has 5 amide bonds. The molecular weight excluding hydrogens is 331 g/mol. The first kappa shape index (κ1) is 18.2. The monoisotopic (exact) mass is 349 g/mol. The lowest BCUT2D eigenvalue weighted by atomic mass is 9.73. The van der Waals surface area contributed by atoms with Crippen LogP contribution in [0.25, 0.3) is 0 Å². The summed E-state index contributed by atoms with van der Waals surface area (Å²) in [4.78, 5) is 48.1. The fourth-order valence-electron chi connectivity index (χ4n) is 3.17. The largest absolute Gasteiger partial charge is 0.405 e. The van der Waals surface area contributed by atoms with Crippen LogP contribution in [0.1, 0.15) is 38.5 Å². The Labute approximate surface area is 135 Å². The van der Waals surface area contributed by atoms with E-state index >= 15 is 0 Å². The van der Waals surface area contributed by atoms with Gasteiger partial charge in [0, 0.05) is 6.42 Å². The van der Waals surface area contributed by atoms with Crippen molar-refractivity contribution in [1.29, 1.82) is 0 Å². The van der Waals surface area contributed by atoms with E-state index in [0.717, 1.165) is 24.2 Å². The van der Waals surface area contributed by atoms with Gasteiger partial charge in [-0.3, -0.25) is 24.6 Å². The summed E-state index contributed by atoms with van der Waals surface area (Å²) in [7, 11) is 0. The third-order valence-electron chi connectivity index (χ3n) is 4.30. The minimum Gasteiger partial charge on any atom is -0.329 e. The number of alkyl halides is 3. The van der Waals surface area contributed by atoms with Gasteiger partial charge in [-0.25, -0.2) is 4.79 Å². The zero-order chi connectivity index (χ0) is 18.0. The van der Waals surface area contributed by atoms with Crippen LogP contribution < -0.4 is 10.6 Å². The van der Waals surface area contributed by atoms with Gasteiger partial charge < -0.3 is 5.32 Å². The van der Waals surface area contributed by atoms with Gasteiger partial charge in [-0.2, -0.15) is 13.2 Å². The molecular formula is C14H18F3N3O4. The molecule has 1 saturated heterocycles. The number of nitrogens with zero attached hydrogens (tertiary/aromatic N) is 1. The molecule has 0 atom stereocenters. The molecule has 0 bridgehead atoms. The molecule has 2 rings (SSSR count). The fourth-order valence-corrected chi connectivity index (χ4v) is 3.17. The average Bonchev–Trinajstić information content (AvgIpc) is 2.70. The first-order valence-corrected chi connectivity index (χ1v) is 7.62. The highest BCUT2D eigenvalue weighted by Gasteiger charge is 2.51. The third-order valence-corrected chi connectivity index (χ3v) is 4.30. The summed E-state index contributed by atoms with van der Waals surface area (Å²) < 4.78 is 35.9. The number of hydrogen-bond acceptors (Lipinski definition) is 4. The van der Waals surface area contributed by atoms with Crippen LogP contribution in [-0.2, 0) is 14.4 Å². The van der Waals surface area contributed by atoms with Crippen molar-refractivity contribution in [3.8, 4) is 0 Å². The standard InChI is InChI=1S/C14H18F3N3O4/c15-14(16,17)8-18-12(24)19-9(21)7-20-10(22)6-13(11(20)23)4-2-1-3-5-13/h1-8H2,(H2,18,19,21,24). The van der Waals surface area contributed by atoms with Gasteiger partial charge in [0.05, 0.1) is 5.41 Å². The number of urea groups is 1. The summed E-state index contributed by atoms with van der Waals surface area (Å²) in [5.74, 6) is -1.94. The molecule has 0 aromatic rings. The fraction of sp³-hybridized carbons (Fsp3) is 0.714. The molecule has 1 spiro atoms. The minimum atomic E-state index is -4.60. The average molecular weight is 349 g/mol. The Morgan fingerprint density at radius 1 is 1.12 bits per heavy atom. The van der Waals surface area contributed by atoms with E-state index in [9.17, 15) is 32.3 Å². The molecule has 1 heterocycles. The second-order valence-electron chi connectivity index (χ2n) is 6.15. The van der Waals surface area contributed by atoms with Crippen LogP contribution in [0.2, 0.25) is 0 Å². The summed E-state index contributed by atoms with van der Waals surface area (Å²) in [5.41, 5.74) is -0.756. The lowest BCUT2D eigenvalue weighted by Gasteiger charge is -2.30. The molecule has 0 aromatic carbocycles. The molecule has 0 aromatic heterocycles. The zero-order valence-electron chi connectivity index (χ0n) is 12.9. The number of imide groups is 2. The number of rotatable bonds is 3. The van der Waals surface area contributed by atoms with Crippen molar-refractivity contribution in [2.45, 2.75) is 44.7 Å². The van der Waals surface area contributed by atoms with Crippen molar-refractivity contribution in [3.63, 3.8) is 0 Å². The molecule has 1 saturated carbocycles. The maximum Gasteiger partial charge on any atom is 0.405 e. The number of likely N-dealkylation sites (tertiary alicyclic amines) is 1. The predicted octanol–water partition coefficient (Wildman–Crippen LogP) is 1.08. The maximum absolute atomic E-state index is 12.4. The van der Waals surface area contributed by atoms with Crippen LogP contribution in [0.4, 0.5) is 18.0 Å².